The molecule has 3 nitrogen and oxygen atoms in total. The van der Waals surface area contributed by atoms with Gasteiger partial charge in [0.15, 0.2) is 5.78 Å². The third-order valence-electron chi connectivity index (χ3n) is 4.18. The molecule has 0 unspecified atom stereocenters. The van der Waals surface area contributed by atoms with E-state index < -0.39 is 0 Å². The van der Waals surface area contributed by atoms with Crippen LogP contribution in [-0.2, 0) is 4.74 Å². The molecule has 1 aliphatic rings. The van der Waals surface area contributed by atoms with Gasteiger partial charge < -0.3 is 9.47 Å². The van der Waals surface area contributed by atoms with Crippen LogP contribution in [0.5, 0.6) is 5.75 Å². The molecule has 0 aliphatic heterocycles. The summed E-state index contributed by atoms with van der Waals surface area (Å²) in [6, 6.07) is 7.56. The van der Waals surface area contributed by atoms with Gasteiger partial charge in [0.25, 0.3) is 0 Å². The zero-order valence-electron chi connectivity index (χ0n) is 12.5. The van der Waals surface area contributed by atoms with Gasteiger partial charge in [-0.25, -0.2) is 0 Å². The number of methoxy groups -OCH3 is 1. The lowest BCUT2D eigenvalue weighted by molar-refractivity contribution is 0.0742. The molecule has 110 valence electrons. The third-order valence-corrected chi connectivity index (χ3v) is 4.18. The molecular formula is C17H24O3. The van der Waals surface area contributed by atoms with Crippen molar-refractivity contribution in [2.75, 3.05) is 20.3 Å². The van der Waals surface area contributed by atoms with Crippen molar-refractivity contribution in [3.05, 3.63) is 29.8 Å². The molecule has 2 rings (SSSR count). The van der Waals surface area contributed by atoms with Gasteiger partial charge in [-0.1, -0.05) is 38.3 Å². The quantitative estimate of drug-likeness (QED) is 0.584. The number of ether oxygens (including phenoxy) is 2. The highest BCUT2D eigenvalue weighted by atomic mass is 16.5. The summed E-state index contributed by atoms with van der Waals surface area (Å²) in [5.41, 5.74) is 0.492. The molecular weight excluding hydrogens is 252 g/mol. The van der Waals surface area contributed by atoms with Crippen molar-refractivity contribution in [1.29, 1.82) is 0 Å². The van der Waals surface area contributed by atoms with Crippen LogP contribution in [-0.4, -0.2) is 26.1 Å². The van der Waals surface area contributed by atoms with Crippen LogP contribution in [0.25, 0.3) is 0 Å². The number of carbonyl (C=O) groups excluding carboxylic acids is 1. The molecule has 0 radical (unpaired) electrons. The molecule has 1 aromatic carbocycles. The Kier molecular flexibility index (Phi) is 5.18. The monoisotopic (exact) mass is 276 g/mol. The van der Waals surface area contributed by atoms with E-state index in [-0.39, 0.29) is 11.2 Å². The van der Waals surface area contributed by atoms with Crippen LogP contribution in [0, 0.1) is 5.41 Å². The van der Waals surface area contributed by atoms with E-state index in [2.05, 4.69) is 6.92 Å². The maximum atomic E-state index is 12.9. The van der Waals surface area contributed by atoms with E-state index in [0.29, 0.717) is 24.5 Å². The largest absolute Gasteiger partial charge is 0.490 e. The second kappa shape index (κ2) is 6.89. The number of benzene rings is 1. The number of hydrogen-bond donors (Lipinski definition) is 0. The van der Waals surface area contributed by atoms with Gasteiger partial charge in [0, 0.05) is 12.5 Å². The number of hydrogen-bond acceptors (Lipinski definition) is 3. The lowest BCUT2D eigenvalue weighted by Gasteiger charge is -2.32. The van der Waals surface area contributed by atoms with E-state index in [1.807, 2.05) is 24.3 Å². The van der Waals surface area contributed by atoms with E-state index in [9.17, 15) is 4.79 Å². The van der Waals surface area contributed by atoms with Crippen LogP contribution >= 0.6 is 0 Å². The molecule has 0 aromatic heterocycles. The zero-order chi connectivity index (χ0) is 14.4. The first-order chi connectivity index (χ1) is 9.67. The summed E-state index contributed by atoms with van der Waals surface area (Å²) < 4.78 is 10.7. The molecule has 0 N–H and O–H groups in total. The summed E-state index contributed by atoms with van der Waals surface area (Å²) in [7, 11) is 1.64. The number of rotatable bonds is 6. The van der Waals surface area contributed by atoms with Crippen molar-refractivity contribution < 1.29 is 14.3 Å². The summed E-state index contributed by atoms with van der Waals surface area (Å²) in [6.07, 6.45) is 5.51. The Bertz CT molecular complexity index is 447. The van der Waals surface area contributed by atoms with Crippen molar-refractivity contribution in [2.24, 2.45) is 5.41 Å². The van der Waals surface area contributed by atoms with Gasteiger partial charge in [0.1, 0.15) is 12.4 Å². The molecule has 20 heavy (non-hydrogen) atoms. The molecule has 1 fully saturated rings. The van der Waals surface area contributed by atoms with E-state index in [1.165, 1.54) is 6.42 Å². The number of Topliss-reactive ketones (excluding diaryl/α,β-unsaturated/α-hetero) is 1. The molecule has 1 aliphatic carbocycles. The van der Waals surface area contributed by atoms with Gasteiger partial charge >= 0.3 is 0 Å². The van der Waals surface area contributed by atoms with E-state index in [4.69, 9.17) is 9.47 Å². The third kappa shape index (κ3) is 3.40. The lowest BCUT2D eigenvalue weighted by atomic mass is 9.71. The van der Waals surface area contributed by atoms with Crippen molar-refractivity contribution in [1.82, 2.24) is 0 Å². The lowest BCUT2D eigenvalue weighted by Crippen LogP contribution is -2.30. The van der Waals surface area contributed by atoms with Crippen LogP contribution < -0.4 is 4.74 Å². The molecule has 1 saturated carbocycles. The van der Waals surface area contributed by atoms with E-state index >= 15 is 0 Å². The van der Waals surface area contributed by atoms with E-state index in [0.717, 1.165) is 25.7 Å². The van der Waals surface area contributed by atoms with Crippen molar-refractivity contribution in [3.8, 4) is 5.75 Å². The van der Waals surface area contributed by atoms with Crippen molar-refractivity contribution >= 4 is 5.78 Å². The molecule has 0 saturated heterocycles. The van der Waals surface area contributed by atoms with E-state index in [1.54, 1.807) is 7.11 Å². The SMILES string of the molecule is COCCOc1ccccc1C(=O)C1(C)CCCCC1. The standard InChI is InChI=1S/C17H24O3/c1-17(10-6-3-7-11-17)16(18)14-8-4-5-9-15(14)20-13-12-19-2/h4-5,8-9H,3,6-7,10-13H2,1-2H3. The second-order valence-electron chi connectivity index (χ2n) is 5.79. The second-order valence-corrected chi connectivity index (χ2v) is 5.79. The number of para-hydroxylation sites is 1. The minimum atomic E-state index is -0.223. The number of carbonyl (C=O) groups is 1. The van der Waals surface area contributed by atoms with Gasteiger partial charge in [0.05, 0.1) is 12.2 Å². The van der Waals surface area contributed by atoms with Crippen LogP contribution in [0.15, 0.2) is 24.3 Å². The molecule has 0 amide bonds. The Morgan fingerprint density at radius 1 is 1.15 bits per heavy atom. The highest BCUT2D eigenvalue weighted by molar-refractivity contribution is 6.02. The van der Waals surface area contributed by atoms with Gasteiger partial charge in [-0.05, 0) is 25.0 Å². The molecule has 0 spiro atoms. The zero-order valence-corrected chi connectivity index (χ0v) is 12.5. The summed E-state index contributed by atoms with van der Waals surface area (Å²) >= 11 is 0. The maximum absolute atomic E-state index is 12.9. The van der Waals surface area contributed by atoms with Gasteiger partial charge in [0.2, 0.25) is 0 Å². The predicted molar refractivity (Wildman–Crippen MR) is 79.3 cm³/mol. The fraction of sp³-hybridized carbons (Fsp3) is 0.588. The molecule has 3 heteroatoms. The fourth-order valence-corrected chi connectivity index (χ4v) is 2.90. The number of ketones is 1. The van der Waals surface area contributed by atoms with Crippen molar-refractivity contribution in [2.45, 2.75) is 39.0 Å². The summed E-state index contributed by atoms with van der Waals surface area (Å²) in [5.74, 6) is 0.909. The first-order valence-corrected chi connectivity index (χ1v) is 7.43. The van der Waals surface area contributed by atoms with Gasteiger partial charge in [-0.15, -0.1) is 0 Å². The Balaban J connectivity index is 2.16. The molecule has 1 aromatic rings. The van der Waals surface area contributed by atoms with Crippen LogP contribution in [0.1, 0.15) is 49.4 Å². The van der Waals surface area contributed by atoms with Crippen LogP contribution in [0.2, 0.25) is 0 Å². The summed E-state index contributed by atoms with van der Waals surface area (Å²) in [5, 5.41) is 0. The van der Waals surface area contributed by atoms with Crippen LogP contribution in [0.3, 0.4) is 0 Å². The molecule has 0 heterocycles. The normalized spacial score (nSPS) is 17.7. The average Bonchev–Trinajstić information content (AvgIpc) is 2.48. The van der Waals surface area contributed by atoms with Gasteiger partial charge in [-0.2, -0.15) is 0 Å². The van der Waals surface area contributed by atoms with Crippen LogP contribution in [0.4, 0.5) is 0 Å². The first kappa shape index (κ1) is 15.0. The Morgan fingerprint density at radius 2 is 1.85 bits per heavy atom. The first-order valence-electron chi connectivity index (χ1n) is 7.43. The smallest absolute Gasteiger partial charge is 0.172 e. The fourth-order valence-electron chi connectivity index (χ4n) is 2.90. The minimum Gasteiger partial charge on any atom is -0.490 e. The predicted octanol–water partition coefficient (Wildman–Crippen LogP) is 3.86. The Labute approximate surface area is 121 Å². The van der Waals surface area contributed by atoms with Gasteiger partial charge in [-0.3, -0.25) is 4.79 Å². The van der Waals surface area contributed by atoms with Crippen molar-refractivity contribution in [3.63, 3.8) is 0 Å². The Morgan fingerprint density at radius 3 is 2.55 bits per heavy atom. The highest BCUT2D eigenvalue weighted by Gasteiger charge is 2.36. The molecule has 0 bridgehead atoms. The maximum Gasteiger partial charge on any atom is 0.172 e. The Hall–Kier alpha value is -1.35. The highest BCUT2D eigenvalue weighted by Crippen LogP contribution is 2.40. The average molecular weight is 276 g/mol. The summed E-state index contributed by atoms with van der Waals surface area (Å²) in [6.45, 7) is 3.09. The topological polar surface area (TPSA) is 35.5 Å². The molecule has 0 atom stereocenters. The minimum absolute atomic E-state index is 0.223. The summed E-state index contributed by atoms with van der Waals surface area (Å²) in [4.78, 5) is 12.9.